The highest BCUT2D eigenvalue weighted by Crippen LogP contribution is 2.44. The summed E-state index contributed by atoms with van der Waals surface area (Å²) in [5.41, 5.74) is 4.59. The molecule has 0 spiro atoms. The van der Waals surface area contributed by atoms with Crippen LogP contribution >= 0.6 is 0 Å². The number of benzene rings is 2. The predicted octanol–water partition coefficient (Wildman–Crippen LogP) is 4.17. The van der Waals surface area contributed by atoms with Gasteiger partial charge in [-0.3, -0.25) is 4.79 Å². The molecule has 0 aromatic heterocycles. The standard InChI is InChI=1S/C27H32N2O5/c1-16(2)24(26(31)32)29-25(30)18(13-17-11-12-17)14-28-27(33)34-15-23-21-9-5-3-7-19(21)20-8-4-6-10-22(20)23/h3-10,16-18,23-24H,11-15H2,1-2H3,(H,28,33)(H,29,30)(H,31,32)/t18?,24-/m1/s1. The van der Waals surface area contributed by atoms with Gasteiger partial charge in [0.15, 0.2) is 0 Å². The summed E-state index contributed by atoms with van der Waals surface area (Å²) in [6.45, 7) is 3.82. The van der Waals surface area contributed by atoms with Gasteiger partial charge in [-0.2, -0.15) is 0 Å². The van der Waals surface area contributed by atoms with E-state index in [1.807, 2.05) is 24.3 Å². The number of carbonyl (C=O) groups is 3. The number of carboxylic acid groups (broad SMARTS) is 1. The number of carboxylic acids is 1. The minimum atomic E-state index is -1.06. The topological polar surface area (TPSA) is 105 Å². The first kappa shape index (κ1) is 23.8. The van der Waals surface area contributed by atoms with Gasteiger partial charge in [-0.25, -0.2) is 9.59 Å². The maximum atomic E-state index is 12.8. The second-order valence-electron chi connectivity index (χ2n) is 9.65. The maximum absolute atomic E-state index is 12.8. The van der Waals surface area contributed by atoms with Crippen LogP contribution in [-0.4, -0.2) is 42.3 Å². The van der Waals surface area contributed by atoms with Gasteiger partial charge < -0.3 is 20.5 Å². The van der Waals surface area contributed by atoms with Gasteiger partial charge in [-0.1, -0.05) is 75.2 Å². The number of fused-ring (bicyclic) bond motifs is 3. The highest BCUT2D eigenvalue weighted by atomic mass is 16.5. The Balaban J connectivity index is 1.35. The van der Waals surface area contributed by atoms with Crippen molar-refractivity contribution in [2.75, 3.05) is 13.2 Å². The molecule has 2 aromatic carbocycles. The molecule has 2 aliphatic rings. The van der Waals surface area contributed by atoms with E-state index in [9.17, 15) is 19.5 Å². The molecule has 2 aromatic rings. The third kappa shape index (κ3) is 5.41. The van der Waals surface area contributed by atoms with Crippen molar-refractivity contribution < 1.29 is 24.2 Å². The third-order valence-electron chi connectivity index (χ3n) is 6.75. The number of aliphatic carboxylic acids is 1. The van der Waals surface area contributed by atoms with E-state index in [4.69, 9.17) is 4.74 Å². The van der Waals surface area contributed by atoms with Crippen LogP contribution in [0.15, 0.2) is 48.5 Å². The fourth-order valence-electron chi connectivity index (χ4n) is 4.68. The Hall–Kier alpha value is -3.35. The molecular weight excluding hydrogens is 432 g/mol. The normalized spacial score (nSPS) is 16.3. The second kappa shape index (κ2) is 10.3. The third-order valence-corrected chi connectivity index (χ3v) is 6.75. The van der Waals surface area contributed by atoms with E-state index in [1.165, 1.54) is 0 Å². The van der Waals surface area contributed by atoms with Crippen molar-refractivity contribution >= 4 is 18.0 Å². The van der Waals surface area contributed by atoms with Crippen LogP contribution in [0.2, 0.25) is 0 Å². The lowest BCUT2D eigenvalue weighted by Gasteiger charge is -2.23. The molecule has 7 nitrogen and oxygen atoms in total. The van der Waals surface area contributed by atoms with Crippen molar-refractivity contribution in [1.29, 1.82) is 0 Å². The number of hydrogen-bond donors (Lipinski definition) is 3. The summed E-state index contributed by atoms with van der Waals surface area (Å²) in [5.74, 6) is -1.72. The van der Waals surface area contributed by atoms with Gasteiger partial charge in [-0.15, -0.1) is 0 Å². The first-order chi connectivity index (χ1) is 16.3. The summed E-state index contributed by atoms with van der Waals surface area (Å²) in [7, 11) is 0. The Labute approximate surface area is 199 Å². The molecule has 0 aliphatic heterocycles. The lowest BCUT2D eigenvalue weighted by molar-refractivity contribution is -0.143. The molecule has 1 unspecified atom stereocenters. The van der Waals surface area contributed by atoms with E-state index < -0.39 is 24.0 Å². The monoisotopic (exact) mass is 464 g/mol. The summed E-state index contributed by atoms with van der Waals surface area (Å²) in [6, 6.07) is 15.3. The van der Waals surface area contributed by atoms with E-state index in [2.05, 4.69) is 34.9 Å². The number of carbonyl (C=O) groups excluding carboxylic acids is 2. The zero-order valence-electron chi connectivity index (χ0n) is 19.6. The molecule has 1 fully saturated rings. The van der Waals surface area contributed by atoms with Gasteiger partial charge >= 0.3 is 12.1 Å². The molecule has 3 N–H and O–H groups in total. The van der Waals surface area contributed by atoms with Gasteiger partial charge in [0.25, 0.3) is 0 Å². The molecule has 0 saturated heterocycles. The first-order valence-electron chi connectivity index (χ1n) is 12.0. The molecule has 2 atom stereocenters. The van der Waals surface area contributed by atoms with Crippen LogP contribution in [0.5, 0.6) is 0 Å². The number of alkyl carbamates (subject to hydrolysis) is 1. The van der Waals surface area contributed by atoms with Gasteiger partial charge in [0.2, 0.25) is 5.91 Å². The molecular formula is C27H32N2O5. The van der Waals surface area contributed by atoms with Gasteiger partial charge in [0.05, 0.1) is 5.92 Å². The fourth-order valence-corrected chi connectivity index (χ4v) is 4.68. The SMILES string of the molecule is CC(C)[C@@H](NC(=O)C(CNC(=O)OCC1c2ccccc2-c2ccccc21)CC1CC1)C(=O)O. The minimum Gasteiger partial charge on any atom is -0.480 e. The summed E-state index contributed by atoms with van der Waals surface area (Å²) >= 11 is 0. The zero-order valence-corrected chi connectivity index (χ0v) is 19.6. The first-order valence-corrected chi connectivity index (χ1v) is 12.0. The zero-order chi connectivity index (χ0) is 24.2. The van der Waals surface area contributed by atoms with Crippen LogP contribution in [0.3, 0.4) is 0 Å². The smallest absolute Gasteiger partial charge is 0.407 e. The maximum Gasteiger partial charge on any atom is 0.407 e. The number of hydrogen-bond acceptors (Lipinski definition) is 4. The summed E-state index contributed by atoms with van der Waals surface area (Å²) in [5, 5.41) is 14.8. The minimum absolute atomic E-state index is 0.0360. The Kier molecular flexibility index (Phi) is 7.20. The number of rotatable bonds is 10. The molecule has 0 bridgehead atoms. The highest BCUT2D eigenvalue weighted by molar-refractivity contribution is 5.85. The molecule has 4 rings (SSSR count). The van der Waals surface area contributed by atoms with Crippen molar-refractivity contribution in [1.82, 2.24) is 10.6 Å². The summed E-state index contributed by atoms with van der Waals surface area (Å²) in [4.78, 5) is 36.8. The molecule has 0 radical (unpaired) electrons. The highest BCUT2D eigenvalue weighted by Gasteiger charge is 2.33. The lowest BCUT2D eigenvalue weighted by atomic mass is 9.98. The number of ether oxygens (including phenoxy) is 1. The van der Waals surface area contributed by atoms with E-state index in [0.717, 1.165) is 35.1 Å². The van der Waals surface area contributed by atoms with Crippen molar-refractivity contribution in [3.05, 3.63) is 59.7 Å². The average molecular weight is 465 g/mol. The van der Waals surface area contributed by atoms with Crippen LogP contribution in [0, 0.1) is 17.8 Å². The van der Waals surface area contributed by atoms with Crippen LogP contribution < -0.4 is 10.6 Å². The Bertz CT molecular complexity index is 1020. The van der Waals surface area contributed by atoms with E-state index >= 15 is 0 Å². The van der Waals surface area contributed by atoms with Crippen molar-refractivity contribution in [3.8, 4) is 11.1 Å². The van der Waals surface area contributed by atoms with Crippen LogP contribution in [0.1, 0.15) is 50.2 Å². The Morgan fingerprint density at radius 3 is 2.12 bits per heavy atom. The number of amides is 2. The Morgan fingerprint density at radius 2 is 1.59 bits per heavy atom. The molecule has 2 amide bonds. The molecule has 34 heavy (non-hydrogen) atoms. The molecule has 7 heteroatoms. The average Bonchev–Trinajstić information content (AvgIpc) is 3.59. The molecule has 1 saturated carbocycles. The van der Waals surface area contributed by atoms with Crippen LogP contribution in [0.25, 0.3) is 11.1 Å². The molecule has 2 aliphatic carbocycles. The van der Waals surface area contributed by atoms with Gasteiger partial charge in [0.1, 0.15) is 12.6 Å². The van der Waals surface area contributed by atoms with Gasteiger partial charge in [-0.05, 0) is 40.5 Å². The number of nitrogens with one attached hydrogen (secondary N) is 2. The molecule has 180 valence electrons. The summed E-state index contributed by atoms with van der Waals surface area (Å²) < 4.78 is 5.57. The fraction of sp³-hybridized carbons (Fsp3) is 0.444. The Morgan fingerprint density at radius 1 is 1.00 bits per heavy atom. The van der Waals surface area contributed by atoms with Crippen molar-refractivity contribution in [3.63, 3.8) is 0 Å². The van der Waals surface area contributed by atoms with Crippen LogP contribution in [-0.2, 0) is 14.3 Å². The van der Waals surface area contributed by atoms with Crippen molar-refractivity contribution in [2.45, 2.75) is 45.1 Å². The van der Waals surface area contributed by atoms with E-state index in [0.29, 0.717) is 12.3 Å². The quantitative estimate of drug-likeness (QED) is 0.490. The largest absolute Gasteiger partial charge is 0.480 e. The van der Waals surface area contributed by atoms with E-state index in [1.54, 1.807) is 13.8 Å². The predicted molar refractivity (Wildman–Crippen MR) is 128 cm³/mol. The van der Waals surface area contributed by atoms with Crippen LogP contribution in [0.4, 0.5) is 4.79 Å². The second-order valence-corrected chi connectivity index (χ2v) is 9.65. The lowest BCUT2D eigenvalue weighted by Crippen LogP contribution is -2.48. The van der Waals surface area contributed by atoms with E-state index in [-0.39, 0.29) is 30.9 Å². The molecule has 0 heterocycles. The van der Waals surface area contributed by atoms with Gasteiger partial charge in [0, 0.05) is 12.5 Å². The summed E-state index contributed by atoms with van der Waals surface area (Å²) in [6.07, 6.45) is 2.16. The van der Waals surface area contributed by atoms with Crippen molar-refractivity contribution in [2.24, 2.45) is 17.8 Å².